The van der Waals surface area contributed by atoms with E-state index in [9.17, 15) is 17.6 Å². The molecule has 1 spiro atoms. The second-order valence-corrected chi connectivity index (χ2v) is 11.0. The van der Waals surface area contributed by atoms with Crippen molar-refractivity contribution in [1.29, 1.82) is 0 Å². The standard InChI is InChI=1S/C27H26F4N8O2/c1-38-25(34-16-2-3-18(20(28)7-16)19-9-33-36-22(19)29)35-23(37-38)15-6-21(41-10-17-4-5-40-17)24(32-8-15)39-13-26(14-39)11-27(30,31)12-26/h2-3,6-9,17H,4-5,10-14H2,1H3,(H,33,36)(H,34,35,37). The molecule has 1 aliphatic carbocycles. The van der Waals surface area contributed by atoms with Crippen molar-refractivity contribution in [3.05, 3.63) is 48.4 Å². The van der Waals surface area contributed by atoms with Crippen LogP contribution in [0.25, 0.3) is 22.5 Å². The molecule has 3 aromatic heterocycles. The summed E-state index contributed by atoms with van der Waals surface area (Å²) in [5.41, 5.74) is 0.733. The van der Waals surface area contributed by atoms with Gasteiger partial charge in [0.1, 0.15) is 12.4 Å². The second kappa shape index (κ2) is 9.43. The van der Waals surface area contributed by atoms with Crippen molar-refractivity contribution in [2.24, 2.45) is 12.5 Å². The lowest BCUT2D eigenvalue weighted by Gasteiger charge is -2.59. The minimum atomic E-state index is -2.58. The summed E-state index contributed by atoms with van der Waals surface area (Å²) in [5.74, 6) is -2.14. The van der Waals surface area contributed by atoms with Crippen molar-refractivity contribution in [1.82, 2.24) is 29.9 Å². The third-order valence-corrected chi connectivity index (χ3v) is 7.80. The molecule has 2 N–H and O–H groups in total. The van der Waals surface area contributed by atoms with Crippen LogP contribution in [0.4, 0.5) is 35.0 Å². The average molecular weight is 571 g/mol. The van der Waals surface area contributed by atoms with Gasteiger partial charge in [-0.3, -0.25) is 5.10 Å². The number of aryl methyl sites for hydroxylation is 1. The summed E-state index contributed by atoms with van der Waals surface area (Å²) in [4.78, 5) is 11.1. The lowest BCUT2D eigenvalue weighted by Crippen LogP contribution is -2.66. The number of nitrogens with zero attached hydrogens (tertiary/aromatic N) is 6. The van der Waals surface area contributed by atoms with E-state index in [0.717, 1.165) is 6.42 Å². The number of H-pyrrole nitrogens is 1. The number of aromatic amines is 1. The van der Waals surface area contributed by atoms with E-state index in [0.29, 0.717) is 60.9 Å². The Morgan fingerprint density at radius 2 is 1.95 bits per heavy atom. The Morgan fingerprint density at radius 3 is 2.61 bits per heavy atom. The van der Waals surface area contributed by atoms with Gasteiger partial charge in [0.2, 0.25) is 17.8 Å². The highest BCUT2D eigenvalue weighted by Crippen LogP contribution is 2.57. The maximum atomic E-state index is 14.8. The van der Waals surface area contributed by atoms with Gasteiger partial charge in [-0.15, -0.1) is 5.10 Å². The summed E-state index contributed by atoms with van der Waals surface area (Å²) in [6, 6.07) is 6.07. The van der Waals surface area contributed by atoms with Crippen LogP contribution in [-0.4, -0.2) is 68.3 Å². The number of nitrogens with one attached hydrogen (secondary N) is 2. The van der Waals surface area contributed by atoms with Gasteiger partial charge in [-0.05, 0) is 24.3 Å². The molecule has 1 aromatic carbocycles. The molecule has 4 aromatic rings. The van der Waals surface area contributed by atoms with E-state index in [1.54, 1.807) is 25.4 Å². The summed E-state index contributed by atoms with van der Waals surface area (Å²) in [5, 5.41) is 13.3. The van der Waals surface area contributed by atoms with Crippen LogP contribution in [-0.2, 0) is 11.8 Å². The fraction of sp³-hybridized carbons (Fsp3) is 0.407. The molecule has 1 atom stereocenters. The van der Waals surface area contributed by atoms with Crippen LogP contribution in [0, 0.1) is 17.2 Å². The van der Waals surface area contributed by atoms with Crippen LogP contribution < -0.4 is 15.0 Å². The molecule has 3 aliphatic rings. The summed E-state index contributed by atoms with van der Waals surface area (Å²) < 4.78 is 68.7. The highest BCUT2D eigenvalue weighted by molar-refractivity contribution is 5.69. The first-order valence-electron chi connectivity index (χ1n) is 13.2. The fourth-order valence-electron chi connectivity index (χ4n) is 5.70. The van der Waals surface area contributed by atoms with E-state index >= 15 is 0 Å². The van der Waals surface area contributed by atoms with Crippen molar-refractivity contribution in [2.75, 3.05) is 36.5 Å². The van der Waals surface area contributed by atoms with Gasteiger partial charge in [-0.25, -0.2) is 22.8 Å². The van der Waals surface area contributed by atoms with Crippen LogP contribution in [0.3, 0.4) is 0 Å². The smallest absolute Gasteiger partial charge is 0.249 e. The first-order chi connectivity index (χ1) is 19.7. The monoisotopic (exact) mass is 570 g/mol. The van der Waals surface area contributed by atoms with Crippen molar-refractivity contribution >= 4 is 17.5 Å². The Balaban J connectivity index is 1.11. The summed E-state index contributed by atoms with van der Waals surface area (Å²) in [6.07, 6.45) is 3.55. The van der Waals surface area contributed by atoms with Gasteiger partial charge in [0.05, 0.1) is 17.9 Å². The number of halogens is 4. The summed E-state index contributed by atoms with van der Waals surface area (Å²) in [7, 11) is 1.69. The highest BCUT2D eigenvalue weighted by Gasteiger charge is 2.62. The number of rotatable bonds is 8. The molecule has 3 fully saturated rings. The van der Waals surface area contributed by atoms with Crippen LogP contribution in [0.1, 0.15) is 19.3 Å². The van der Waals surface area contributed by atoms with Crippen molar-refractivity contribution in [2.45, 2.75) is 31.3 Å². The Kier molecular flexibility index (Phi) is 5.92. The molecule has 2 aliphatic heterocycles. The van der Waals surface area contributed by atoms with Gasteiger partial charge in [-0.1, -0.05) is 0 Å². The Hall–Kier alpha value is -4.20. The van der Waals surface area contributed by atoms with Gasteiger partial charge < -0.3 is 19.7 Å². The second-order valence-electron chi connectivity index (χ2n) is 11.0. The predicted molar refractivity (Wildman–Crippen MR) is 140 cm³/mol. The van der Waals surface area contributed by atoms with Crippen LogP contribution in [0.2, 0.25) is 0 Å². The van der Waals surface area contributed by atoms with E-state index in [1.807, 2.05) is 4.90 Å². The van der Waals surface area contributed by atoms with Gasteiger partial charge in [-0.2, -0.15) is 14.5 Å². The topological polar surface area (TPSA) is 106 Å². The Labute approximate surface area is 231 Å². The zero-order valence-electron chi connectivity index (χ0n) is 22.0. The minimum absolute atomic E-state index is 0.000116. The van der Waals surface area contributed by atoms with Crippen LogP contribution >= 0.6 is 0 Å². The maximum Gasteiger partial charge on any atom is 0.249 e. The number of ether oxygens (including phenoxy) is 2. The first-order valence-corrected chi connectivity index (χ1v) is 13.2. The number of pyridine rings is 1. The third kappa shape index (κ3) is 4.75. The molecule has 1 saturated carbocycles. The average Bonchev–Trinajstić information content (AvgIpc) is 3.45. The van der Waals surface area contributed by atoms with Crippen LogP contribution in [0.15, 0.2) is 36.7 Å². The van der Waals surface area contributed by atoms with E-state index in [4.69, 9.17) is 9.47 Å². The molecule has 10 nitrogen and oxygen atoms in total. The first kappa shape index (κ1) is 25.7. The molecule has 7 rings (SSSR count). The number of hydrogen-bond acceptors (Lipinski definition) is 8. The normalized spacial score (nSPS) is 20.3. The van der Waals surface area contributed by atoms with Crippen molar-refractivity contribution in [3.8, 4) is 28.3 Å². The molecule has 0 amide bonds. The quantitative estimate of drug-likeness (QED) is 0.294. The molecule has 41 heavy (non-hydrogen) atoms. The number of hydrogen-bond donors (Lipinski definition) is 2. The molecule has 1 unspecified atom stereocenters. The van der Waals surface area contributed by atoms with E-state index in [2.05, 4.69) is 30.6 Å². The predicted octanol–water partition coefficient (Wildman–Crippen LogP) is 4.69. The third-order valence-electron chi connectivity index (χ3n) is 7.80. The lowest BCUT2D eigenvalue weighted by atomic mass is 9.61. The van der Waals surface area contributed by atoms with Gasteiger partial charge >= 0.3 is 0 Å². The number of alkyl halides is 2. The van der Waals surface area contributed by atoms with Gasteiger partial charge in [0.25, 0.3) is 0 Å². The van der Waals surface area contributed by atoms with Crippen molar-refractivity contribution < 1.29 is 27.0 Å². The summed E-state index contributed by atoms with van der Waals surface area (Å²) >= 11 is 0. The van der Waals surface area contributed by atoms with Gasteiger partial charge in [0.15, 0.2) is 17.4 Å². The molecule has 2 saturated heterocycles. The highest BCUT2D eigenvalue weighted by atomic mass is 19.3. The number of benzene rings is 1. The molecule has 5 heterocycles. The maximum absolute atomic E-state index is 14.8. The van der Waals surface area contributed by atoms with Crippen LogP contribution in [0.5, 0.6) is 5.75 Å². The van der Waals surface area contributed by atoms with E-state index < -0.39 is 17.7 Å². The molecule has 0 bridgehead atoms. The minimum Gasteiger partial charge on any atom is -0.487 e. The number of aromatic nitrogens is 6. The van der Waals surface area contributed by atoms with Crippen molar-refractivity contribution in [3.63, 3.8) is 0 Å². The lowest BCUT2D eigenvalue weighted by molar-refractivity contribution is -0.170. The van der Waals surface area contributed by atoms with Gasteiger partial charge in [0, 0.05) is 74.4 Å². The molecular weight excluding hydrogens is 544 g/mol. The summed E-state index contributed by atoms with van der Waals surface area (Å²) in [6.45, 7) is 2.05. The van der Waals surface area contributed by atoms with E-state index in [1.165, 1.54) is 23.0 Å². The molecule has 14 heteroatoms. The Morgan fingerprint density at radius 1 is 1.15 bits per heavy atom. The Bertz CT molecular complexity index is 1600. The largest absolute Gasteiger partial charge is 0.487 e. The zero-order valence-corrected chi connectivity index (χ0v) is 22.0. The molecule has 0 radical (unpaired) electrons. The number of anilines is 3. The fourth-order valence-corrected chi connectivity index (χ4v) is 5.70. The SMILES string of the molecule is Cn1nc(-c2cnc(N3CC4(C3)CC(F)(F)C4)c(OCC3CCO3)c2)nc1Nc1ccc(-c2cn[nH]c2F)c(F)c1. The van der Waals surface area contributed by atoms with E-state index in [-0.39, 0.29) is 35.5 Å². The molecule has 214 valence electrons. The zero-order chi connectivity index (χ0) is 28.4. The molecular formula is C27H26F4N8O2.